The molecule has 0 saturated heterocycles. The van der Waals surface area contributed by atoms with Crippen LogP contribution in [-0.2, 0) is 0 Å². The zero-order valence-electron chi connectivity index (χ0n) is 11.4. The van der Waals surface area contributed by atoms with Gasteiger partial charge in [-0.25, -0.2) is 4.98 Å². The van der Waals surface area contributed by atoms with Crippen molar-refractivity contribution < 1.29 is 4.74 Å². The molecule has 0 bridgehead atoms. The van der Waals surface area contributed by atoms with E-state index in [1.165, 1.54) is 18.4 Å². The second-order valence-electron chi connectivity index (χ2n) is 5.16. The summed E-state index contributed by atoms with van der Waals surface area (Å²) in [7, 11) is 1.64. The summed E-state index contributed by atoms with van der Waals surface area (Å²) in [4.78, 5) is 4.23. The Morgan fingerprint density at radius 3 is 2.78 bits per heavy atom. The summed E-state index contributed by atoms with van der Waals surface area (Å²) in [6.07, 6.45) is 6.75. The summed E-state index contributed by atoms with van der Waals surface area (Å²) >= 11 is 0. The number of rotatable bonds is 6. The van der Waals surface area contributed by atoms with Crippen LogP contribution in [0.4, 0.5) is 0 Å². The first-order chi connectivity index (χ1) is 8.69. The van der Waals surface area contributed by atoms with Crippen LogP contribution in [0.25, 0.3) is 6.08 Å². The molecule has 0 amide bonds. The third-order valence-corrected chi connectivity index (χ3v) is 3.23. The largest absolute Gasteiger partial charge is 0.481 e. The first-order valence-corrected chi connectivity index (χ1v) is 6.63. The Kier molecular flexibility index (Phi) is 4.37. The third-order valence-electron chi connectivity index (χ3n) is 3.23. The highest BCUT2D eigenvalue weighted by Gasteiger charge is 2.20. The molecule has 0 aromatic carbocycles. The molecule has 1 aliphatic rings. The number of nitrogens with zero attached hydrogens (tertiary/aromatic N) is 1. The summed E-state index contributed by atoms with van der Waals surface area (Å²) in [5.41, 5.74) is 2.56. The van der Waals surface area contributed by atoms with Gasteiger partial charge in [0.05, 0.1) is 7.11 Å². The fourth-order valence-corrected chi connectivity index (χ4v) is 1.78. The molecule has 1 N–H and O–H groups in total. The molecule has 98 valence electrons. The van der Waals surface area contributed by atoms with Gasteiger partial charge in [-0.05, 0) is 30.4 Å². The lowest BCUT2D eigenvalue weighted by Gasteiger charge is -2.12. The monoisotopic (exact) mass is 246 g/mol. The van der Waals surface area contributed by atoms with Crippen molar-refractivity contribution in [2.45, 2.75) is 32.7 Å². The van der Waals surface area contributed by atoms with Crippen molar-refractivity contribution in [3.63, 3.8) is 0 Å². The smallest absolute Gasteiger partial charge is 0.212 e. The van der Waals surface area contributed by atoms with E-state index in [9.17, 15) is 0 Å². The minimum atomic E-state index is 0.554. The van der Waals surface area contributed by atoms with Crippen LogP contribution in [0.15, 0.2) is 23.9 Å². The van der Waals surface area contributed by atoms with E-state index >= 15 is 0 Å². The Morgan fingerprint density at radius 1 is 1.50 bits per heavy atom. The van der Waals surface area contributed by atoms with E-state index in [2.05, 4.69) is 30.2 Å². The van der Waals surface area contributed by atoms with Gasteiger partial charge in [0.1, 0.15) is 0 Å². The first-order valence-electron chi connectivity index (χ1n) is 6.63. The Morgan fingerprint density at radius 2 is 2.28 bits per heavy atom. The maximum Gasteiger partial charge on any atom is 0.212 e. The zero-order valence-corrected chi connectivity index (χ0v) is 11.4. The number of nitrogens with one attached hydrogen (secondary N) is 1. The van der Waals surface area contributed by atoms with Gasteiger partial charge >= 0.3 is 0 Å². The van der Waals surface area contributed by atoms with Gasteiger partial charge in [-0.15, -0.1) is 0 Å². The summed E-state index contributed by atoms with van der Waals surface area (Å²) < 4.78 is 5.06. The molecule has 2 rings (SSSR count). The van der Waals surface area contributed by atoms with Crippen LogP contribution in [0.1, 0.15) is 32.3 Å². The fraction of sp³-hybridized carbons (Fsp3) is 0.533. The quantitative estimate of drug-likeness (QED) is 0.838. The van der Waals surface area contributed by atoms with Crippen LogP contribution in [0, 0.1) is 5.92 Å². The standard InChI is InChI=1S/C15H22N2O/c1-11(2)13(10-16-14-5-6-14)8-12-4-7-15(18-3)17-9-12/h4,7-9,11,14,16H,5-6,10H2,1-3H3/b13-8-. The maximum atomic E-state index is 5.06. The van der Waals surface area contributed by atoms with Crippen LogP contribution >= 0.6 is 0 Å². The molecule has 3 heteroatoms. The zero-order chi connectivity index (χ0) is 13.0. The number of aromatic nitrogens is 1. The van der Waals surface area contributed by atoms with Gasteiger partial charge in [0, 0.05) is 24.8 Å². The van der Waals surface area contributed by atoms with Crippen molar-refractivity contribution >= 4 is 6.08 Å². The van der Waals surface area contributed by atoms with Crippen LogP contribution in [0.3, 0.4) is 0 Å². The molecule has 1 fully saturated rings. The first kappa shape index (κ1) is 13.1. The van der Waals surface area contributed by atoms with E-state index in [0.717, 1.165) is 18.2 Å². The Hall–Kier alpha value is -1.35. The Bertz CT molecular complexity index is 405. The molecule has 0 spiro atoms. The second kappa shape index (κ2) is 6.01. The average Bonchev–Trinajstić information content (AvgIpc) is 3.19. The van der Waals surface area contributed by atoms with Crippen molar-refractivity contribution in [3.8, 4) is 5.88 Å². The molecule has 1 saturated carbocycles. The topological polar surface area (TPSA) is 34.1 Å². The fourth-order valence-electron chi connectivity index (χ4n) is 1.78. The number of methoxy groups -OCH3 is 1. The van der Waals surface area contributed by atoms with Gasteiger partial charge in [-0.3, -0.25) is 0 Å². The number of hydrogen-bond donors (Lipinski definition) is 1. The van der Waals surface area contributed by atoms with Gasteiger partial charge in [0.2, 0.25) is 5.88 Å². The van der Waals surface area contributed by atoms with Crippen LogP contribution in [-0.4, -0.2) is 24.7 Å². The van der Waals surface area contributed by atoms with Crippen molar-refractivity contribution in [1.29, 1.82) is 0 Å². The highest BCUT2D eigenvalue weighted by atomic mass is 16.5. The molecule has 0 aliphatic heterocycles. The molecule has 0 unspecified atom stereocenters. The summed E-state index contributed by atoms with van der Waals surface area (Å²) in [5.74, 6) is 1.22. The number of pyridine rings is 1. The van der Waals surface area contributed by atoms with E-state index in [0.29, 0.717) is 11.8 Å². The molecule has 1 aromatic rings. The predicted molar refractivity (Wildman–Crippen MR) is 74.6 cm³/mol. The SMILES string of the molecule is COc1ccc(/C=C(/CNC2CC2)C(C)C)cn1. The lowest BCUT2D eigenvalue weighted by molar-refractivity contribution is 0.398. The van der Waals surface area contributed by atoms with Crippen molar-refractivity contribution in [3.05, 3.63) is 29.5 Å². The summed E-state index contributed by atoms with van der Waals surface area (Å²) in [6, 6.07) is 4.70. The minimum absolute atomic E-state index is 0.554. The van der Waals surface area contributed by atoms with Crippen molar-refractivity contribution in [2.24, 2.45) is 5.92 Å². The second-order valence-corrected chi connectivity index (χ2v) is 5.16. The van der Waals surface area contributed by atoms with Gasteiger partial charge in [0.25, 0.3) is 0 Å². The maximum absolute atomic E-state index is 5.06. The molecule has 3 nitrogen and oxygen atoms in total. The Labute approximate surface area is 109 Å². The van der Waals surface area contributed by atoms with Crippen molar-refractivity contribution in [2.75, 3.05) is 13.7 Å². The van der Waals surface area contributed by atoms with E-state index in [4.69, 9.17) is 4.74 Å². The molecule has 0 radical (unpaired) electrons. The minimum Gasteiger partial charge on any atom is -0.481 e. The number of hydrogen-bond acceptors (Lipinski definition) is 3. The van der Waals surface area contributed by atoms with Crippen LogP contribution < -0.4 is 10.1 Å². The van der Waals surface area contributed by atoms with Gasteiger partial charge < -0.3 is 10.1 Å². The number of ether oxygens (including phenoxy) is 1. The summed E-state index contributed by atoms with van der Waals surface area (Å²) in [5, 5.41) is 3.57. The van der Waals surface area contributed by atoms with E-state index in [-0.39, 0.29) is 0 Å². The van der Waals surface area contributed by atoms with Gasteiger partial charge in [-0.2, -0.15) is 0 Å². The molecule has 18 heavy (non-hydrogen) atoms. The molecule has 1 heterocycles. The predicted octanol–water partition coefficient (Wildman–Crippen LogP) is 2.88. The van der Waals surface area contributed by atoms with E-state index < -0.39 is 0 Å². The molecule has 1 aromatic heterocycles. The molecule has 0 atom stereocenters. The van der Waals surface area contributed by atoms with E-state index in [1.54, 1.807) is 7.11 Å². The molecule has 1 aliphatic carbocycles. The van der Waals surface area contributed by atoms with Crippen molar-refractivity contribution in [1.82, 2.24) is 10.3 Å². The third kappa shape index (κ3) is 3.84. The van der Waals surface area contributed by atoms with Crippen LogP contribution in [0.5, 0.6) is 5.88 Å². The lowest BCUT2D eigenvalue weighted by atomic mass is 10.0. The lowest BCUT2D eigenvalue weighted by Crippen LogP contribution is -2.21. The normalized spacial score (nSPS) is 16.1. The van der Waals surface area contributed by atoms with E-state index in [1.807, 2.05) is 18.3 Å². The van der Waals surface area contributed by atoms with Crippen LogP contribution in [0.2, 0.25) is 0 Å². The average molecular weight is 246 g/mol. The molecular weight excluding hydrogens is 224 g/mol. The highest BCUT2D eigenvalue weighted by molar-refractivity contribution is 5.53. The van der Waals surface area contributed by atoms with Gasteiger partial charge in [0.15, 0.2) is 0 Å². The van der Waals surface area contributed by atoms with Gasteiger partial charge in [-0.1, -0.05) is 25.5 Å². The molecular formula is C15H22N2O. The summed E-state index contributed by atoms with van der Waals surface area (Å²) in [6.45, 7) is 5.45. The Balaban J connectivity index is 2.04. The highest BCUT2D eigenvalue weighted by Crippen LogP contribution is 2.21.